The van der Waals surface area contributed by atoms with E-state index in [0.29, 0.717) is 22.2 Å². The minimum Gasteiger partial charge on any atom is -0.465 e. The van der Waals surface area contributed by atoms with E-state index in [1.807, 2.05) is 42.8 Å². The molecule has 2 N–H and O–H groups in total. The minimum atomic E-state index is -0.379. The number of methoxy groups -OCH3 is 1. The number of thiocarbonyl (C=S) groups is 1. The summed E-state index contributed by atoms with van der Waals surface area (Å²) in [6, 6.07) is 12.0. The Morgan fingerprint density at radius 2 is 2.03 bits per heavy atom. The molecule has 0 atom stereocenters. The summed E-state index contributed by atoms with van der Waals surface area (Å²) in [5.74, 6) is -0.379. The number of benzene rings is 1. The maximum atomic E-state index is 12.2. The van der Waals surface area contributed by atoms with Gasteiger partial charge in [-0.1, -0.05) is 30.3 Å². The number of ether oxygens (including phenoxy) is 1. The van der Waals surface area contributed by atoms with Crippen LogP contribution in [0.25, 0.3) is 0 Å². The van der Waals surface area contributed by atoms with E-state index >= 15 is 0 Å². The molecule has 2 heterocycles. The maximum Gasteiger partial charge on any atom is 0.340 e. The average molecular weight is 522 g/mol. The van der Waals surface area contributed by atoms with Crippen LogP contribution in [-0.4, -0.2) is 34.5 Å². The summed E-state index contributed by atoms with van der Waals surface area (Å²) < 4.78 is 7.98. The molecule has 3 aromatic rings. The van der Waals surface area contributed by atoms with Gasteiger partial charge in [-0.15, -0.1) is 11.3 Å². The van der Waals surface area contributed by atoms with Gasteiger partial charge in [-0.2, -0.15) is 5.10 Å². The first-order valence-corrected chi connectivity index (χ1v) is 11.9. The van der Waals surface area contributed by atoms with E-state index in [0.717, 1.165) is 40.1 Å². The van der Waals surface area contributed by atoms with Crippen molar-refractivity contribution in [3.8, 4) is 0 Å². The molecule has 2 aromatic heterocycles. The van der Waals surface area contributed by atoms with Crippen molar-refractivity contribution in [1.29, 1.82) is 0 Å². The van der Waals surface area contributed by atoms with Crippen LogP contribution in [0.15, 0.2) is 40.9 Å². The lowest BCUT2D eigenvalue weighted by Crippen LogP contribution is -2.30. The zero-order chi connectivity index (χ0) is 22.4. The molecule has 6 nitrogen and oxygen atoms in total. The minimum absolute atomic E-state index is 0.379. The maximum absolute atomic E-state index is 12.2. The summed E-state index contributed by atoms with van der Waals surface area (Å²) in [6.45, 7) is 5.51. The van der Waals surface area contributed by atoms with Gasteiger partial charge in [0.1, 0.15) is 5.00 Å². The Morgan fingerprint density at radius 1 is 1.29 bits per heavy atom. The highest BCUT2D eigenvalue weighted by atomic mass is 79.9. The van der Waals surface area contributed by atoms with E-state index in [-0.39, 0.29) is 5.97 Å². The van der Waals surface area contributed by atoms with Crippen LogP contribution in [0.2, 0.25) is 0 Å². The Hall–Kier alpha value is -2.23. The van der Waals surface area contributed by atoms with E-state index in [9.17, 15) is 4.79 Å². The second kappa shape index (κ2) is 10.9. The largest absolute Gasteiger partial charge is 0.465 e. The van der Waals surface area contributed by atoms with Gasteiger partial charge in [0, 0.05) is 30.1 Å². The fourth-order valence-electron chi connectivity index (χ4n) is 3.15. The van der Waals surface area contributed by atoms with Crippen molar-refractivity contribution in [3.63, 3.8) is 0 Å². The molecule has 0 radical (unpaired) electrons. The highest BCUT2D eigenvalue weighted by molar-refractivity contribution is 9.10. The number of anilines is 1. The topological polar surface area (TPSA) is 68.2 Å². The molecule has 0 aliphatic rings. The van der Waals surface area contributed by atoms with Crippen molar-refractivity contribution in [1.82, 2.24) is 15.1 Å². The number of aryl methyl sites for hydroxylation is 2. The van der Waals surface area contributed by atoms with Gasteiger partial charge in [0.15, 0.2) is 5.11 Å². The first kappa shape index (κ1) is 23.4. The van der Waals surface area contributed by atoms with Crippen molar-refractivity contribution in [2.45, 2.75) is 33.2 Å². The zero-order valence-electron chi connectivity index (χ0n) is 17.7. The Kier molecular flexibility index (Phi) is 8.22. The number of carbonyl (C=O) groups is 1. The molecular weight excluding hydrogens is 496 g/mol. The normalized spacial score (nSPS) is 10.7. The smallest absolute Gasteiger partial charge is 0.340 e. The third kappa shape index (κ3) is 6.15. The number of nitrogens with one attached hydrogen (secondary N) is 2. The van der Waals surface area contributed by atoms with Crippen LogP contribution in [0.4, 0.5) is 5.00 Å². The quantitative estimate of drug-likeness (QED) is 0.245. The Labute approximate surface area is 200 Å². The van der Waals surface area contributed by atoms with Gasteiger partial charge in [0.05, 0.1) is 22.8 Å². The number of nitrogens with zero attached hydrogens (tertiary/aromatic N) is 2. The van der Waals surface area contributed by atoms with Crippen LogP contribution < -0.4 is 10.6 Å². The Morgan fingerprint density at radius 3 is 2.68 bits per heavy atom. The van der Waals surface area contributed by atoms with Crippen LogP contribution in [-0.2, 0) is 17.7 Å². The second-order valence-electron chi connectivity index (χ2n) is 7.05. The molecule has 1 aromatic carbocycles. The number of rotatable bonds is 8. The number of esters is 1. The van der Waals surface area contributed by atoms with Gasteiger partial charge in [-0.3, -0.25) is 4.68 Å². The Bertz CT molecular complexity index is 1060. The zero-order valence-corrected chi connectivity index (χ0v) is 20.9. The molecule has 0 unspecified atom stereocenters. The van der Waals surface area contributed by atoms with Gasteiger partial charge in [-0.25, -0.2) is 4.79 Å². The first-order chi connectivity index (χ1) is 14.9. The number of hydrogen-bond acceptors (Lipinski definition) is 5. The fraction of sp³-hybridized carbons (Fsp3) is 0.318. The number of thiophene rings is 1. The van der Waals surface area contributed by atoms with E-state index in [4.69, 9.17) is 17.0 Å². The van der Waals surface area contributed by atoms with Crippen molar-refractivity contribution < 1.29 is 9.53 Å². The number of hydrogen-bond donors (Lipinski definition) is 2. The van der Waals surface area contributed by atoms with Crippen LogP contribution in [0.5, 0.6) is 0 Å². The van der Waals surface area contributed by atoms with E-state index < -0.39 is 0 Å². The standard InChI is InChI=1S/C22H25BrN4O2S2/c1-14-19(23)15(2)27(26-14)11-7-10-24-22(30)25-20-18(21(28)29-3)13-17(31-20)12-16-8-5-4-6-9-16/h4-6,8-9,13H,7,10-12H2,1-3H3,(H2,24,25,30). The highest BCUT2D eigenvalue weighted by Gasteiger charge is 2.18. The SMILES string of the molecule is COC(=O)c1cc(Cc2ccccc2)sc1NC(=S)NCCCn1nc(C)c(Br)c1C. The van der Waals surface area contributed by atoms with E-state index in [2.05, 4.69) is 43.8 Å². The van der Waals surface area contributed by atoms with Crippen LogP contribution in [0.3, 0.4) is 0 Å². The molecule has 31 heavy (non-hydrogen) atoms. The molecule has 0 spiro atoms. The van der Waals surface area contributed by atoms with Crippen molar-refractivity contribution >= 4 is 55.6 Å². The molecule has 0 saturated heterocycles. The monoisotopic (exact) mass is 520 g/mol. The average Bonchev–Trinajstić information content (AvgIpc) is 3.26. The summed E-state index contributed by atoms with van der Waals surface area (Å²) in [6.07, 6.45) is 1.61. The predicted molar refractivity (Wildman–Crippen MR) is 133 cm³/mol. The second-order valence-corrected chi connectivity index (χ2v) is 9.39. The highest BCUT2D eigenvalue weighted by Crippen LogP contribution is 2.30. The molecule has 0 aliphatic heterocycles. The number of carbonyl (C=O) groups excluding carboxylic acids is 1. The van der Waals surface area contributed by atoms with Crippen molar-refractivity contribution in [3.05, 3.63) is 68.3 Å². The van der Waals surface area contributed by atoms with Gasteiger partial charge in [0.25, 0.3) is 0 Å². The third-order valence-electron chi connectivity index (χ3n) is 4.76. The molecule has 0 amide bonds. The fourth-order valence-corrected chi connectivity index (χ4v) is 4.79. The molecule has 0 fully saturated rings. The molecule has 3 rings (SSSR count). The Balaban J connectivity index is 1.57. The molecule has 0 saturated carbocycles. The van der Waals surface area contributed by atoms with Gasteiger partial charge < -0.3 is 15.4 Å². The number of aromatic nitrogens is 2. The van der Waals surface area contributed by atoms with Gasteiger partial charge in [-0.05, 0) is 60.0 Å². The summed E-state index contributed by atoms with van der Waals surface area (Å²) in [5, 5.41) is 12.1. The summed E-state index contributed by atoms with van der Waals surface area (Å²) >= 11 is 10.5. The summed E-state index contributed by atoms with van der Waals surface area (Å²) in [5.41, 5.74) is 3.78. The van der Waals surface area contributed by atoms with Gasteiger partial charge >= 0.3 is 5.97 Å². The van der Waals surface area contributed by atoms with Crippen LogP contribution >= 0.6 is 39.5 Å². The molecule has 0 aliphatic carbocycles. The lowest BCUT2D eigenvalue weighted by atomic mass is 10.1. The lowest BCUT2D eigenvalue weighted by Gasteiger charge is -2.11. The molecule has 9 heteroatoms. The third-order valence-corrected chi connectivity index (χ3v) is 7.21. The molecule has 0 bridgehead atoms. The van der Waals surface area contributed by atoms with Gasteiger partial charge in [0.2, 0.25) is 0 Å². The molecular formula is C22H25BrN4O2S2. The summed E-state index contributed by atoms with van der Waals surface area (Å²) in [7, 11) is 1.38. The van der Waals surface area contributed by atoms with E-state index in [1.54, 1.807) is 0 Å². The van der Waals surface area contributed by atoms with Crippen molar-refractivity contribution in [2.75, 3.05) is 19.0 Å². The van der Waals surface area contributed by atoms with Crippen molar-refractivity contribution in [2.24, 2.45) is 0 Å². The summed E-state index contributed by atoms with van der Waals surface area (Å²) in [4.78, 5) is 13.3. The first-order valence-electron chi connectivity index (χ1n) is 9.88. The predicted octanol–water partition coefficient (Wildman–Crippen LogP) is 5.08. The van der Waals surface area contributed by atoms with Crippen LogP contribution in [0.1, 0.15) is 38.6 Å². The lowest BCUT2D eigenvalue weighted by molar-refractivity contribution is 0.0602. The molecule has 164 valence electrons. The van der Waals surface area contributed by atoms with E-state index in [1.165, 1.54) is 24.0 Å². The number of halogens is 1. The van der Waals surface area contributed by atoms with Crippen LogP contribution in [0, 0.1) is 13.8 Å².